The predicted octanol–water partition coefficient (Wildman–Crippen LogP) is 3.94. The van der Waals surface area contributed by atoms with Crippen molar-refractivity contribution in [3.05, 3.63) is 47.5 Å². The number of hydrogen-bond acceptors (Lipinski definition) is 10. The van der Waals surface area contributed by atoms with Crippen LogP contribution in [0, 0.1) is 18.3 Å². The molecule has 1 N–H and O–H groups in total. The van der Waals surface area contributed by atoms with E-state index in [1.807, 2.05) is 24.7 Å². The molecular weight excluding hydrogens is 625 g/mol. The number of hydrazine groups is 1. The minimum Gasteiger partial charge on any atom is -0.314 e. The van der Waals surface area contributed by atoms with Crippen molar-refractivity contribution in [2.75, 3.05) is 58.9 Å². The quantitative estimate of drug-likeness (QED) is 0.264. The Kier molecular flexibility index (Phi) is 14.7. The van der Waals surface area contributed by atoms with E-state index in [1.54, 1.807) is 11.3 Å². The van der Waals surface area contributed by atoms with Gasteiger partial charge in [0.05, 0.1) is 12.4 Å². The number of ketones is 1. The number of likely N-dealkylation sites (N-methyl/N-ethyl adjacent to an activating group) is 2. The first kappa shape index (κ1) is 38.3. The molecule has 48 heavy (non-hydrogen) atoms. The van der Waals surface area contributed by atoms with Gasteiger partial charge in [0, 0.05) is 52.7 Å². The van der Waals surface area contributed by atoms with Crippen LogP contribution in [0.5, 0.6) is 0 Å². The fraction of sp³-hybridized carbons (Fsp3) is 0.576. The van der Waals surface area contributed by atoms with Crippen molar-refractivity contribution in [2.24, 2.45) is 0 Å². The van der Waals surface area contributed by atoms with E-state index >= 15 is 0 Å². The van der Waals surface area contributed by atoms with Gasteiger partial charge in [-0.3, -0.25) is 24.9 Å². The Morgan fingerprint density at radius 1 is 1.08 bits per heavy atom. The number of carbonyl (C=O) groups excluding carboxylic acids is 2. The van der Waals surface area contributed by atoms with Crippen LogP contribution in [0.25, 0.3) is 11.2 Å². The molecule has 1 saturated heterocycles. The topological polar surface area (TPSA) is 127 Å². The first-order chi connectivity index (χ1) is 22.8. The van der Waals surface area contributed by atoms with Crippen LogP contribution in [0.1, 0.15) is 56.0 Å². The highest BCUT2D eigenvalue weighted by Gasteiger charge is 2.33. The van der Waals surface area contributed by atoms with Crippen LogP contribution < -0.4 is 10.4 Å². The smallest absolute Gasteiger partial charge is 0.314 e. The van der Waals surface area contributed by atoms with E-state index < -0.39 is 12.0 Å². The van der Waals surface area contributed by atoms with E-state index in [0.29, 0.717) is 36.9 Å². The largest absolute Gasteiger partial charge is 0.449 e. The van der Waals surface area contributed by atoms with Crippen LogP contribution in [-0.2, 0) is 22.7 Å². The summed E-state index contributed by atoms with van der Waals surface area (Å²) in [5.74, 6) is -1.19. The first-order valence-electron chi connectivity index (χ1n) is 16.1. The summed E-state index contributed by atoms with van der Waals surface area (Å²) in [5, 5.41) is 11.1. The molecule has 15 heteroatoms. The van der Waals surface area contributed by atoms with E-state index in [0.717, 1.165) is 38.8 Å². The third kappa shape index (κ3) is 11.8. The van der Waals surface area contributed by atoms with Gasteiger partial charge in [0.15, 0.2) is 17.0 Å². The number of alkyl halides is 3. The Balaban J connectivity index is 0.000000238. The predicted molar refractivity (Wildman–Crippen MR) is 178 cm³/mol. The second-order valence-corrected chi connectivity index (χ2v) is 12.4. The molecule has 12 nitrogen and oxygen atoms in total. The number of rotatable bonds is 9. The van der Waals surface area contributed by atoms with Crippen molar-refractivity contribution >= 4 is 29.2 Å². The number of nitriles is 1. The van der Waals surface area contributed by atoms with Crippen LogP contribution >= 0.6 is 0 Å². The monoisotopic (exact) mass is 672 g/mol. The Bertz CT molecular complexity index is 1490. The zero-order valence-corrected chi connectivity index (χ0v) is 28.5. The Morgan fingerprint density at radius 2 is 1.71 bits per heavy atom. The molecule has 262 valence electrons. The third-order valence-electron chi connectivity index (χ3n) is 8.22. The molecule has 1 amide bonds. The molecule has 1 saturated carbocycles. The lowest BCUT2D eigenvalue weighted by atomic mass is 9.95. The highest BCUT2D eigenvalue weighted by atomic mass is 19.4. The summed E-state index contributed by atoms with van der Waals surface area (Å²) in [7, 11) is 6.20. The van der Waals surface area contributed by atoms with Gasteiger partial charge in [0.1, 0.15) is 6.07 Å². The highest BCUT2D eigenvalue weighted by molar-refractivity contribution is 5.84. The van der Waals surface area contributed by atoms with E-state index in [2.05, 4.69) is 73.3 Å². The lowest BCUT2D eigenvalue weighted by Crippen LogP contribution is -2.47. The standard InChI is InChI=1S/C17H24N8O.C13H20N2.C3H3F3O/c1-23(2)8-9-24-11-19-15-16(24)21-14(10-18)22-17(15)25(20-12-26)13-6-4-3-5-7-13;1-12-3-5-13(6-4-12)11-15-9-7-14(2)8-10-15;1-2(7)3(4,5)6/h11-13H,3-9H2,1-2H3,(H,20,26);3-6H,7-11H2,1-2H3;1H3. The SMILES string of the molecule is CC(=O)C(F)(F)F.CN(C)CCn1cnc2c(N(NC=O)C3CCCCC3)nc(C#N)nc21.Cc1ccc(CN2CCN(C)CC2)cc1. The number of nitrogens with zero attached hydrogens (tertiary/aromatic N) is 9. The first-order valence-corrected chi connectivity index (χ1v) is 16.1. The Morgan fingerprint density at radius 3 is 2.25 bits per heavy atom. The summed E-state index contributed by atoms with van der Waals surface area (Å²) in [5.41, 5.74) is 6.76. The van der Waals surface area contributed by atoms with Gasteiger partial charge in [-0.05, 0) is 46.5 Å². The molecule has 0 bridgehead atoms. The number of piperazine rings is 1. The number of imidazole rings is 1. The summed E-state index contributed by atoms with van der Waals surface area (Å²) in [6.07, 6.45) is 3.08. The normalized spacial score (nSPS) is 15.9. The molecule has 3 aromatic rings. The number of halogens is 3. The zero-order valence-electron chi connectivity index (χ0n) is 28.5. The maximum absolute atomic E-state index is 11.2. The number of hydrogen-bond donors (Lipinski definition) is 1. The molecule has 0 spiro atoms. The van der Waals surface area contributed by atoms with Gasteiger partial charge >= 0.3 is 6.18 Å². The number of carbonyl (C=O) groups is 2. The van der Waals surface area contributed by atoms with Crippen molar-refractivity contribution in [1.29, 1.82) is 5.26 Å². The van der Waals surface area contributed by atoms with Gasteiger partial charge in [0.25, 0.3) is 0 Å². The average molecular weight is 673 g/mol. The molecule has 0 atom stereocenters. The number of amides is 1. The minimum absolute atomic E-state index is 0.0765. The second-order valence-electron chi connectivity index (χ2n) is 12.4. The molecule has 0 radical (unpaired) electrons. The van der Waals surface area contributed by atoms with E-state index in [-0.39, 0.29) is 11.9 Å². The summed E-state index contributed by atoms with van der Waals surface area (Å²) >= 11 is 0. The van der Waals surface area contributed by atoms with Gasteiger partial charge in [0.2, 0.25) is 18.0 Å². The number of aryl methyl sites for hydroxylation is 1. The summed E-state index contributed by atoms with van der Waals surface area (Å²) in [4.78, 5) is 40.7. The van der Waals surface area contributed by atoms with E-state index in [1.165, 1.54) is 43.7 Å². The van der Waals surface area contributed by atoms with Crippen molar-refractivity contribution in [3.8, 4) is 6.07 Å². The van der Waals surface area contributed by atoms with Crippen LogP contribution in [0.3, 0.4) is 0 Å². The number of benzene rings is 1. The highest BCUT2D eigenvalue weighted by Crippen LogP contribution is 2.29. The molecule has 3 heterocycles. The Labute approximate surface area is 280 Å². The number of aromatic nitrogens is 4. The summed E-state index contributed by atoms with van der Waals surface area (Å²) < 4.78 is 34.4. The molecule has 1 aromatic carbocycles. The average Bonchev–Trinajstić information content (AvgIpc) is 3.48. The van der Waals surface area contributed by atoms with Gasteiger partial charge in [-0.15, -0.1) is 0 Å². The van der Waals surface area contributed by atoms with E-state index in [9.17, 15) is 28.0 Å². The maximum Gasteiger partial charge on any atom is 0.449 e. The van der Waals surface area contributed by atoms with Crippen molar-refractivity contribution in [2.45, 2.75) is 71.3 Å². The number of Topliss-reactive ketones (excluding diaryl/α,β-unsaturated/α-hetero) is 1. The molecule has 2 fully saturated rings. The van der Waals surface area contributed by atoms with Crippen LogP contribution in [0.15, 0.2) is 30.6 Å². The van der Waals surface area contributed by atoms with Crippen LogP contribution in [0.2, 0.25) is 0 Å². The lowest BCUT2D eigenvalue weighted by molar-refractivity contribution is -0.168. The molecule has 2 aliphatic rings. The van der Waals surface area contributed by atoms with Crippen LogP contribution in [-0.4, -0.2) is 112 Å². The van der Waals surface area contributed by atoms with Crippen LogP contribution in [0.4, 0.5) is 19.0 Å². The van der Waals surface area contributed by atoms with Gasteiger partial charge in [-0.25, -0.2) is 4.98 Å². The van der Waals surface area contributed by atoms with E-state index in [4.69, 9.17) is 0 Å². The number of fused-ring (bicyclic) bond motifs is 1. The van der Waals surface area contributed by atoms with Crippen molar-refractivity contribution in [1.82, 2.24) is 39.6 Å². The third-order valence-corrected chi connectivity index (χ3v) is 8.22. The summed E-state index contributed by atoms with van der Waals surface area (Å²) in [6, 6.07) is 11.1. The number of nitrogens with one attached hydrogen (secondary N) is 1. The van der Waals surface area contributed by atoms with Gasteiger partial charge in [-0.2, -0.15) is 28.4 Å². The molecule has 2 aromatic heterocycles. The minimum atomic E-state index is -4.64. The fourth-order valence-corrected chi connectivity index (χ4v) is 5.31. The zero-order chi connectivity index (χ0) is 35.3. The maximum atomic E-state index is 11.2. The fourth-order valence-electron chi connectivity index (χ4n) is 5.31. The number of anilines is 1. The van der Waals surface area contributed by atoms with Gasteiger partial charge in [-0.1, -0.05) is 49.1 Å². The summed E-state index contributed by atoms with van der Waals surface area (Å²) in [6.45, 7) is 10.1. The molecular formula is C33H47F3N10O2. The lowest BCUT2D eigenvalue weighted by Gasteiger charge is -2.33. The van der Waals surface area contributed by atoms with Crippen molar-refractivity contribution in [3.63, 3.8) is 0 Å². The molecule has 0 unspecified atom stereocenters. The van der Waals surface area contributed by atoms with Gasteiger partial charge < -0.3 is 14.4 Å². The van der Waals surface area contributed by atoms with Crippen molar-refractivity contribution < 1.29 is 22.8 Å². The Hall–Kier alpha value is -4.13. The molecule has 5 rings (SSSR count). The molecule has 1 aliphatic carbocycles. The second kappa shape index (κ2) is 18.4. The molecule has 1 aliphatic heterocycles.